The summed E-state index contributed by atoms with van der Waals surface area (Å²) in [5, 5.41) is 0. The smallest absolute Gasteiger partial charge is 0.207 e. The van der Waals surface area contributed by atoms with Crippen LogP contribution in [-0.4, -0.2) is 25.8 Å². The molecule has 0 heterocycles. The molecule has 1 saturated carbocycles. The Morgan fingerprint density at radius 2 is 1.56 bits per heavy atom. The van der Waals surface area contributed by atoms with Crippen LogP contribution in [0.5, 0.6) is 0 Å². The largest absolute Gasteiger partial charge is 0.243 e. The van der Waals surface area contributed by atoms with Crippen LogP contribution < -0.4 is 0 Å². The standard InChI is InChI=1S/C19H21F2NO2S/c1-22(25(23,24)17-11-12-18(20)19(21)13-17)16-9-7-15(8-10-16)14-5-3-2-4-6-14/h2-6,11-13,15-16H,7-10H2,1H3. The van der Waals surface area contributed by atoms with E-state index in [1.807, 2.05) is 18.2 Å². The maximum absolute atomic E-state index is 13.4. The Kier molecular flexibility index (Phi) is 5.20. The zero-order valence-electron chi connectivity index (χ0n) is 14.0. The van der Waals surface area contributed by atoms with Gasteiger partial charge in [-0.3, -0.25) is 0 Å². The molecule has 0 N–H and O–H groups in total. The van der Waals surface area contributed by atoms with Gasteiger partial charge in [-0.05, 0) is 55.4 Å². The van der Waals surface area contributed by atoms with Crippen molar-refractivity contribution in [2.24, 2.45) is 0 Å². The number of sulfonamides is 1. The van der Waals surface area contributed by atoms with Crippen molar-refractivity contribution in [2.45, 2.75) is 42.5 Å². The van der Waals surface area contributed by atoms with E-state index >= 15 is 0 Å². The summed E-state index contributed by atoms with van der Waals surface area (Å²) in [6.45, 7) is 0. The van der Waals surface area contributed by atoms with Crippen LogP contribution in [0.4, 0.5) is 8.78 Å². The van der Waals surface area contributed by atoms with E-state index in [4.69, 9.17) is 0 Å². The molecule has 0 radical (unpaired) electrons. The molecule has 1 fully saturated rings. The van der Waals surface area contributed by atoms with Gasteiger partial charge in [-0.15, -0.1) is 0 Å². The number of hydrogen-bond acceptors (Lipinski definition) is 2. The molecular formula is C19H21F2NO2S. The molecule has 134 valence electrons. The number of nitrogens with zero attached hydrogens (tertiary/aromatic N) is 1. The summed E-state index contributed by atoms with van der Waals surface area (Å²) < 4.78 is 53.1. The van der Waals surface area contributed by atoms with Gasteiger partial charge in [0.15, 0.2) is 11.6 Å². The zero-order valence-corrected chi connectivity index (χ0v) is 14.8. The lowest BCUT2D eigenvalue weighted by molar-refractivity contribution is 0.268. The minimum atomic E-state index is -3.83. The highest BCUT2D eigenvalue weighted by molar-refractivity contribution is 7.89. The molecule has 0 amide bonds. The maximum Gasteiger partial charge on any atom is 0.243 e. The van der Waals surface area contributed by atoms with Crippen LogP contribution in [0.25, 0.3) is 0 Å². The second kappa shape index (κ2) is 7.22. The predicted octanol–water partition coefficient (Wildman–Crippen LogP) is 4.31. The van der Waals surface area contributed by atoms with E-state index in [-0.39, 0.29) is 10.9 Å². The first kappa shape index (κ1) is 18.0. The highest BCUT2D eigenvalue weighted by Gasteiger charge is 2.32. The van der Waals surface area contributed by atoms with Crippen LogP contribution in [0.2, 0.25) is 0 Å². The highest BCUT2D eigenvalue weighted by atomic mass is 32.2. The molecule has 25 heavy (non-hydrogen) atoms. The summed E-state index contributed by atoms with van der Waals surface area (Å²) >= 11 is 0. The van der Waals surface area contributed by atoms with Gasteiger partial charge < -0.3 is 0 Å². The van der Waals surface area contributed by atoms with Crippen molar-refractivity contribution < 1.29 is 17.2 Å². The van der Waals surface area contributed by atoms with Crippen molar-refractivity contribution in [3.05, 3.63) is 65.7 Å². The average molecular weight is 365 g/mol. The molecule has 0 unspecified atom stereocenters. The second-order valence-corrected chi connectivity index (χ2v) is 8.51. The third-order valence-corrected chi connectivity index (χ3v) is 6.96. The Bertz CT molecular complexity index is 832. The second-order valence-electron chi connectivity index (χ2n) is 6.51. The quantitative estimate of drug-likeness (QED) is 0.810. The number of benzene rings is 2. The van der Waals surface area contributed by atoms with E-state index in [0.29, 0.717) is 5.92 Å². The van der Waals surface area contributed by atoms with E-state index in [1.54, 1.807) is 0 Å². The Balaban J connectivity index is 1.71. The molecule has 0 aliphatic heterocycles. The molecule has 2 aromatic rings. The van der Waals surface area contributed by atoms with E-state index in [1.165, 1.54) is 16.9 Å². The molecule has 3 nitrogen and oxygen atoms in total. The molecule has 3 rings (SSSR count). The summed E-state index contributed by atoms with van der Waals surface area (Å²) in [7, 11) is -2.32. The third-order valence-electron chi connectivity index (χ3n) is 5.05. The number of halogens is 2. The van der Waals surface area contributed by atoms with Crippen LogP contribution in [-0.2, 0) is 10.0 Å². The SMILES string of the molecule is CN(C1CCC(c2ccccc2)CC1)S(=O)(=O)c1ccc(F)c(F)c1. The van der Waals surface area contributed by atoms with Crippen molar-refractivity contribution >= 4 is 10.0 Å². The normalized spacial score (nSPS) is 21.4. The van der Waals surface area contributed by atoms with E-state index in [2.05, 4.69) is 12.1 Å². The van der Waals surface area contributed by atoms with Gasteiger partial charge in [0.1, 0.15) is 0 Å². The van der Waals surface area contributed by atoms with Gasteiger partial charge in [0.25, 0.3) is 0 Å². The van der Waals surface area contributed by atoms with E-state index in [0.717, 1.165) is 43.9 Å². The van der Waals surface area contributed by atoms with Crippen molar-refractivity contribution in [1.82, 2.24) is 4.31 Å². The lowest BCUT2D eigenvalue weighted by Gasteiger charge is -2.34. The minimum Gasteiger partial charge on any atom is -0.207 e. The molecule has 0 spiro atoms. The van der Waals surface area contributed by atoms with Crippen LogP contribution in [0.15, 0.2) is 53.4 Å². The third kappa shape index (κ3) is 3.75. The first-order valence-electron chi connectivity index (χ1n) is 8.37. The van der Waals surface area contributed by atoms with Gasteiger partial charge in [0, 0.05) is 13.1 Å². The van der Waals surface area contributed by atoms with Gasteiger partial charge in [0.2, 0.25) is 10.0 Å². The van der Waals surface area contributed by atoms with Gasteiger partial charge >= 0.3 is 0 Å². The topological polar surface area (TPSA) is 37.4 Å². The first-order chi connectivity index (χ1) is 11.9. The van der Waals surface area contributed by atoms with Gasteiger partial charge in [-0.2, -0.15) is 4.31 Å². The average Bonchev–Trinajstić information content (AvgIpc) is 2.64. The van der Waals surface area contributed by atoms with Gasteiger partial charge in [0.05, 0.1) is 4.90 Å². The van der Waals surface area contributed by atoms with E-state index in [9.17, 15) is 17.2 Å². The van der Waals surface area contributed by atoms with E-state index < -0.39 is 21.7 Å². The monoisotopic (exact) mass is 365 g/mol. The summed E-state index contributed by atoms with van der Waals surface area (Å²) in [5.74, 6) is -1.76. The van der Waals surface area contributed by atoms with Gasteiger partial charge in [-0.25, -0.2) is 17.2 Å². The van der Waals surface area contributed by atoms with Crippen LogP contribution >= 0.6 is 0 Å². The van der Waals surface area contributed by atoms with Crippen molar-refractivity contribution in [2.75, 3.05) is 7.05 Å². The first-order valence-corrected chi connectivity index (χ1v) is 9.81. The molecule has 0 bridgehead atoms. The summed E-state index contributed by atoms with van der Waals surface area (Å²) in [6.07, 6.45) is 3.32. The lowest BCUT2D eigenvalue weighted by Crippen LogP contribution is -2.39. The fourth-order valence-corrected chi connectivity index (χ4v) is 4.93. The molecule has 1 aliphatic rings. The Hall–Kier alpha value is -1.79. The van der Waals surface area contributed by atoms with Crippen molar-refractivity contribution in [3.8, 4) is 0 Å². The summed E-state index contributed by atoms with van der Waals surface area (Å²) in [4.78, 5) is -0.209. The molecule has 0 saturated heterocycles. The fraction of sp³-hybridized carbons (Fsp3) is 0.368. The van der Waals surface area contributed by atoms with Crippen molar-refractivity contribution in [3.63, 3.8) is 0 Å². The number of rotatable bonds is 4. The molecule has 0 aromatic heterocycles. The summed E-state index contributed by atoms with van der Waals surface area (Å²) in [5.41, 5.74) is 1.28. The Morgan fingerprint density at radius 3 is 2.16 bits per heavy atom. The van der Waals surface area contributed by atoms with Crippen molar-refractivity contribution in [1.29, 1.82) is 0 Å². The maximum atomic E-state index is 13.4. The fourth-order valence-electron chi connectivity index (χ4n) is 3.50. The van der Waals surface area contributed by atoms with Crippen LogP contribution in [0, 0.1) is 11.6 Å². The van der Waals surface area contributed by atoms with Gasteiger partial charge in [-0.1, -0.05) is 30.3 Å². The molecular weight excluding hydrogens is 344 g/mol. The molecule has 0 atom stereocenters. The Labute approximate surface area is 147 Å². The van der Waals surface area contributed by atoms with Crippen LogP contribution in [0.3, 0.4) is 0 Å². The molecule has 1 aliphatic carbocycles. The van der Waals surface area contributed by atoms with Crippen LogP contribution in [0.1, 0.15) is 37.2 Å². The predicted molar refractivity (Wildman–Crippen MR) is 92.7 cm³/mol. The summed E-state index contributed by atoms with van der Waals surface area (Å²) in [6, 6.07) is 12.8. The highest BCUT2D eigenvalue weighted by Crippen LogP contribution is 2.35. The molecule has 6 heteroatoms. The molecule has 2 aromatic carbocycles. The zero-order chi connectivity index (χ0) is 18.0. The lowest BCUT2D eigenvalue weighted by atomic mass is 9.82. The Morgan fingerprint density at radius 1 is 0.920 bits per heavy atom. The number of hydrogen-bond donors (Lipinski definition) is 0. The minimum absolute atomic E-state index is 0.127.